The van der Waals surface area contributed by atoms with Crippen LogP contribution >= 0.6 is 11.3 Å². The van der Waals surface area contributed by atoms with Gasteiger partial charge in [0, 0.05) is 12.1 Å². The molecule has 0 saturated carbocycles. The van der Waals surface area contributed by atoms with Gasteiger partial charge in [0.15, 0.2) is 0 Å². The number of hydrogen-bond acceptors (Lipinski definition) is 2. The second-order valence-corrected chi connectivity index (χ2v) is 5.59. The maximum absolute atomic E-state index is 3.70. The van der Waals surface area contributed by atoms with Crippen LogP contribution in [-0.2, 0) is 6.42 Å². The van der Waals surface area contributed by atoms with Crippen molar-refractivity contribution in [3.63, 3.8) is 0 Å². The third-order valence-corrected chi connectivity index (χ3v) is 4.41. The fraction of sp³-hybridized carbons (Fsp3) is 0.667. The molecular weight excluding hydrogens is 190 g/mol. The van der Waals surface area contributed by atoms with E-state index in [0.717, 1.165) is 18.0 Å². The summed E-state index contributed by atoms with van der Waals surface area (Å²) in [6.45, 7) is 0. The first-order chi connectivity index (χ1) is 6.90. The molecule has 0 amide bonds. The molecule has 2 bridgehead atoms. The Morgan fingerprint density at radius 1 is 1.29 bits per heavy atom. The van der Waals surface area contributed by atoms with Crippen molar-refractivity contribution >= 4 is 11.3 Å². The van der Waals surface area contributed by atoms with Crippen molar-refractivity contribution in [3.8, 4) is 0 Å². The molecule has 0 spiro atoms. The van der Waals surface area contributed by atoms with E-state index in [-0.39, 0.29) is 0 Å². The van der Waals surface area contributed by atoms with Crippen LogP contribution in [-0.4, -0.2) is 12.1 Å². The van der Waals surface area contributed by atoms with Crippen LogP contribution in [0.3, 0.4) is 0 Å². The summed E-state index contributed by atoms with van der Waals surface area (Å²) in [5.41, 5.74) is 1.56. The highest BCUT2D eigenvalue weighted by atomic mass is 32.1. The summed E-state index contributed by atoms with van der Waals surface area (Å²) >= 11 is 1.83. The summed E-state index contributed by atoms with van der Waals surface area (Å²) in [6.07, 6.45) is 6.98. The summed E-state index contributed by atoms with van der Waals surface area (Å²) in [7, 11) is 0. The molecule has 1 N–H and O–H groups in total. The second kappa shape index (κ2) is 3.67. The van der Waals surface area contributed by atoms with E-state index >= 15 is 0 Å². The van der Waals surface area contributed by atoms with Gasteiger partial charge in [-0.05, 0) is 60.4 Å². The molecule has 2 fully saturated rings. The van der Waals surface area contributed by atoms with Crippen molar-refractivity contribution in [3.05, 3.63) is 22.4 Å². The standard InChI is InChI=1S/C12H17NS/c1-2-12-7-10(6-11(1)13-12)5-9-3-4-14-8-9/h3-4,8,10-13H,1-2,5-7H2. The van der Waals surface area contributed by atoms with Crippen LogP contribution in [0.4, 0.5) is 0 Å². The zero-order valence-electron chi connectivity index (χ0n) is 8.41. The third kappa shape index (κ3) is 1.73. The van der Waals surface area contributed by atoms with Gasteiger partial charge in [-0.3, -0.25) is 0 Å². The van der Waals surface area contributed by atoms with Crippen molar-refractivity contribution < 1.29 is 0 Å². The highest BCUT2D eigenvalue weighted by molar-refractivity contribution is 7.07. The first kappa shape index (κ1) is 8.93. The molecule has 2 atom stereocenters. The molecule has 2 heteroatoms. The Morgan fingerprint density at radius 3 is 2.71 bits per heavy atom. The number of nitrogens with one attached hydrogen (secondary N) is 1. The van der Waals surface area contributed by atoms with Crippen molar-refractivity contribution in [1.29, 1.82) is 0 Å². The summed E-state index contributed by atoms with van der Waals surface area (Å²) in [4.78, 5) is 0. The molecule has 2 saturated heterocycles. The maximum Gasteiger partial charge on any atom is 0.00729 e. The van der Waals surface area contributed by atoms with Crippen LogP contribution in [0.15, 0.2) is 16.8 Å². The Bertz CT molecular complexity index is 281. The Morgan fingerprint density at radius 2 is 2.07 bits per heavy atom. The largest absolute Gasteiger partial charge is 0.311 e. The van der Waals surface area contributed by atoms with Gasteiger partial charge in [-0.2, -0.15) is 11.3 Å². The fourth-order valence-corrected chi connectivity index (χ4v) is 3.77. The summed E-state index contributed by atoms with van der Waals surface area (Å²) in [5, 5.41) is 8.21. The van der Waals surface area contributed by atoms with E-state index in [1.807, 2.05) is 11.3 Å². The topological polar surface area (TPSA) is 12.0 Å². The van der Waals surface area contributed by atoms with E-state index in [1.165, 1.54) is 32.1 Å². The van der Waals surface area contributed by atoms with Crippen LogP contribution in [0.2, 0.25) is 0 Å². The van der Waals surface area contributed by atoms with Gasteiger partial charge in [0.05, 0.1) is 0 Å². The van der Waals surface area contributed by atoms with Gasteiger partial charge < -0.3 is 5.32 Å². The van der Waals surface area contributed by atoms with Crippen molar-refractivity contribution in [2.75, 3.05) is 0 Å². The zero-order valence-corrected chi connectivity index (χ0v) is 9.22. The van der Waals surface area contributed by atoms with Crippen molar-refractivity contribution in [2.24, 2.45) is 5.92 Å². The predicted octanol–water partition coefficient (Wildman–Crippen LogP) is 2.82. The smallest absolute Gasteiger partial charge is 0.00729 e. The molecule has 0 aliphatic carbocycles. The van der Waals surface area contributed by atoms with Gasteiger partial charge >= 0.3 is 0 Å². The van der Waals surface area contributed by atoms with Crippen LogP contribution in [0, 0.1) is 5.92 Å². The molecule has 2 aliphatic heterocycles. The number of piperidine rings is 1. The first-order valence-corrected chi connectivity index (χ1v) is 6.61. The lowest BCUT2D eigenvalue weighted by atomic mass is 9.88. The predicted molar refractivity (Wildman–Crippen MR) is 60.7 cm³/mol. The van der Waals surface area contributed by atoms with Crippen LogP contribution in [0.1, 0.15) is 31.2 Å². The molecule has 1 aromatic heterocycles. The van der Waals surface area contributed by atoms with Crippen LogP contribution in [0.25, 0.3) is 0 Å². The number of thiophene rings is 1. The number of rotatable bonds is 2. The molecule has 0 radical (unpaired) electrons. The van der Waals surface area contributed by atoms with Crippen molar-refractivity contribution in [1.82, 2.24) is 5.32 Å². The quantitative estimate of drug-likeness (QED) is 0.786. The van der Waals surface area contributed by atoms with E-state index < -0.39 is 0 Å². The number of fused-ring (bicyclic) bond motifs is 2. The molecule has 3 heterocycles. The first-order valence-electron chi connectivity index (χ1n) is 5.67. The van der Waals surface area contributed by atoms with E-state index in [4.69, 9.17) is 0 Å². The number of hydrogen-bond donors (Lipinski definition) is 1. The van der Waals surface area contributed by atoms with Gasteiger partial charge in [-0.1, -0.05) is 0 Å². The third-order valence-electron chi connectivity index (χ3n) is 3.68. The van der Waals surface area contributed by atoms with Crippen LogP contribution < -0.4 is 5.32 Å². The van der Waals surface area contributed by atoms with Crippen molar-refractivity contribution in [2.45, 2.75) is 44.2 Å². The van der Waals surface area contributed by atoms with Gasteiger partial charge in [-0.25, -0.2) is 0 Å². The average Bonchev–Trinajstić information content (AvgIpc) is 2.77. The molecular formula is C12H17NS. The summed E-state index contributed by atoms with van der Waals surface area (Å²) in [5.74, 6) is 0.948. The Labute approximate surface area is 89.5 Å². The molecule has 2 aliphatic rings. The highest BCUT2D eigenvalue weighted by Crippen LogP contribution is 2.32. The van der Waals surface area contributed by atoms with E-state index in [0.29, 0.717) is 0 Å². The van der Waals surface area contributed by atoms with Crippen LogP contribution in [0.5, 0.6) is 0 Å². The van der Waals surface area contributed by atoms with Gasteiger partial charge in [0.25, 0.3) is 0 Å². The van der Waals surface area contributed by atoms with E-state index in [1.54, 1.807) is 5.56 Å². The zero-order chi connectivity index (χ0) is 9.38. The SMILES string of the molecule is c1cc(CC2CC3CCC(C2)N3)cs1. The molecule has 1 aromatic rings. The minimum atomic E-state index is 0.845. The summed E-state index contributed by atoms with van der Waals surface area (Å²) < 4.78 is 0. The molecule has 2 unspecified atom stereocenters. The minimum Gasteiger partial charge on any atom is -0.311 e. The Hall–Kier alpha value is -0.340. The van der Waals surface area contributed by atoms with Gasteiger partial charge in [0.1, 0.15) is 0 Å². The molecule has 14 heavy (non-hydrogen) atoms. The molecule has 0 aromatic carbocycles. The minimum absolute atomic E-state index is 0.845. The van der Waals surface area contributed by atoms with Gasteiger partial charge in [0.2, 0.25) is 0 Å². The van der Waals surface area contributed by atoms with E-state index in [9.17, 15) is 0 Å². The lowest BCUT2D eigenvalue weighted by Crippen LogP contribution is -2.38. The summed E-state index contributed by atoms with van der Waals surface area (Å²) in [6, 6.07) is 3.98. The highest BCUT2D eigenvalue weighted by Gasteiger charge is 2.33. The second-order valence-electron chi connectivity index (χ2n) is 4.81. The average molecular weight is 207 g/mol. The molecule has 3 rings (SSSR count). The van der Waals surface area contributed by atoms with Gasteiger partial charge in [-0.15, -0.1) is 0 Å². The van der Waals surface area contributed by atoms with E-state index in [2.05, 4.69) is 22.1 Å². The fourth-order valence-electron chi connectivity index (χ4n) is 3.08. The monoisotopic (exact) mass is 207 g/mol. The lowest BCUT2D eigenvalue weighted by molar-refractivity contribution is 0.298. The Kier molecular flexibility index (Phi) is 2.34. The Balaban J connectivity index is 1.64. The normalized spacial score (nSPS) is 36.1. The molecule has 1 nitrogen and oxygen atoms in total. The lowest BCUT2D eigenvalue weighted by Gasteiger charge is -2.28. The molecule has 76 valence electrons. The maximum atomic E-state index is 3.70.